The van der Waals surface area contributed by atoms with Gasteiger partial charge >= 0.3 is 0 Å². The average Bonchev–Trinajstić information content (AvgIpc) is 3.13. The average molecular weight is 347 g/mol. The zero-order valence-corrected chi connectivity index (χ0v) is 15.6. The van der Waals surface area contributed by atoms with E-state index in [0.717, 1.165) is 54.1 Å². The van der Waals surface area contributed by atoms with Gasteiger partial charge in [0.1, 0.15) is 10.8 Å². The van der Waals surface area contributed by atoms with Crippen molar-refractivity contribution in [3.8, 4) is 0 Å². The minimum absolute atomic E-state index is 0.315. The van der Waals surface area contributed by atoms with Crippen LogP contribution in [0.2, 0.25) is 0 Å². The van der Waals surface area contributed by atoms with Crippen LogP contribution in [-0.4, -0.2) is 38.8 Å². The second-order valence-corrected chi connectivity index (χ2v) is 7.32. The highest BCUT2D eigenvalue weighted by atomic mass is 32.1. The van der Waals surface area contributed by atoms with Crippen LogP contribution in [-0.2, 0) is 25.9 Å². The summed E-state index contributed by atoms with van der Waals surface area (Å²) in [6, 6.07) is 0.315. The second kappa shape index (κ2) is 7.29. The summed E-state index contributed by atoms with van der Waals surface area (Å²) in [7, 11) is 1.80. The molecule has 1 unspecified atom stereocenters. The maximum Gasteiger partial charge on any atom is 0.191 e. The van der Waals surface area contributed by atoms with Crippen LogP contribution in [0.1, 0.15) is 40.6 Å². The lowest BCUT2D eigenvalue weighted by Gasteiger charge is -2.25. The van der Waals surface area contributed by atoms with Crippen LogP contribution in [0, 0.1) is 13.8 Å². The number of nitrogens with one attached hydrogen (secondary N) is 2. The number of hydrogen-bond acceptors (Lipinski definition) is 5. The first-order chi connectivity index (χ1) is 11.6. The summed E-state index contributed by atoms with van der Waals surface area (Å²) in [5.74, 6) is 2.84. The largest absolute Gasteiger partial charge is 0.352 e. The fourth-order valence-electron chi connectivity index (χ4n) is 2.79. The number of guanidine groups is 1. The summed E-state index contributed by atoms with van der Waals surface area (Å²) in [6.07, 6.45) is 2.87. The Morgan fingerprint density at radius 2 is 2.21 bits per heavy atom. The number of nitrogens with zero attached hydrogens (tertiary/aromatic N) is 5. The Bertz CT molecular complexity index is 711. The van der Waals surface area contributed by atoms with E-state index in [2.05, 4.69) is 44.5 Å². The van der Waals surface area contributed by atoms with Crippen molar-refractivity contribution in [2.45, 2.75) is 59.2 Å². The SMILES string of the molecule is CCc1nc2n(n1)CC(NC(=NC)NCc1nc(C)c(C)s1)CC2. The summed E-state index contributed by atoms with van der Waals surface area (Å²) in [5.41, 5.74) is 1.11. The van der Waals surface area contributed by atoms with Gasteiger partial charge in [-0.2, -0.15) is 5.10 Å². The molecular weight excluding hydrogens is 322 g/mol. The van der Waals surface area contributed by atoms with Crippen LogP contribution in [0.5, 0.6) is 0 Å². The fourth-order valence-corrected chi connectivity index (χ4v) is 3.66. The molecule has 8 heteroatoms. The second-order valence-electron chi connectivity index (χ2n) is 6.03. The van der Waals surface area contributed by atoms with Crippen LogP contribution in [0.3, 0.4) is 0 Å². The minimum atomic E-state index is 0.315. The molecule has 1 aliphatic heterocycles. The summed E-state index contributed by atoms with van der Waals surface area (Å²) in [6.45, 7) is 7.76. The molecule has 0 saturated carbocycles. The fraction of sp³-hybridized carbons (Fsp3) is 0.625. The lowest BCUT2D eigenvalue weighted by Crippen LogP contribution is -2.46. The number of fused-ring (bicyclic) bond motifs is 1. The molecule has 2 aromatic heterocycles. The van der Waals surface area contributed by atoms with Crippen LogP contribution in [0.25, 0.3) is 0 Å². The lowest BCUT2D eigenvalue weighted by molar-refractivity contribution is 0.392. The summed E-state index contributed by atoms with van der Waals surface area (Å²) in [5, 5.41) is 12.5. The van der Waals surface area contributed by atoms with Gasteiger partial charge in [0.15, 0.2) is 11.8 Å². The molecule has 2 N–H and O–H groups in total. The number of aliphatic imine (C=N–C) groups is 1. The molecule has 3 rings (SSSR count). The Balaban J connectivity index is 1.56. The molecule has 0 saturated heterocycles. The highest BCUT2D eigenvalue weighted by Gasteiger charge is 2.22. The Morgan fingerprint density at radius 3 is 2.88 bits per heavy atom. The van der Waals surface area contributed by atoms with E-state index in [9.17, 15) is 0 Å². The summed E-state index contributed by atoms with van der Waals surface area (Å²) >= 11 is 1.73. The molecule has 2 aromatic rings. The van der Waals surface area contributed by atoms with E-state index in [1.165, 1.54) is 4.88 Å². The highest BCUT2D eigenvalue weighted by molar-refractivity contribution is 7.11. The Kier molecular flexibility index (Phi) is 5.13. The predicted octanol–water partition coefficient (Wildman–Crippen LogP) is 1.59. The van der Waals surface area contributed by atoms with E-state index in [1.54, 1.807) is 18.4 Å². The maximum absolute atomic E-state index is 4.56. The topological polar surface area (TPSA) is 80.0 Å². The normalized spacial score (nSPS) is 17.7. The molecule has 130 valence electrons. The number of thiazole rings is 1. The monoisotopic (exact) mass is 347 g/mol. The van der Waals surface area contributed by atoms with Crippen LogP contribution in [0.4, 0.5) is 0 Å². The first-order valence-electron chi connectivity index (χ1n) is 8.41. The third-order valence-corrected chi connectivity index (χ3v) is 5.34. The molecular formula is C16H25N7S. The lowest BCUT2D eigenvalue weighted by atomic mass is 10.1. The Labute approximate surface area is 146 Å². The van der Waals surface area contributed by atoms with Gasteiger partial charge in [-0.05, 0) is 20.3 Å². The van der Waals surface area contributed by atoms with E-state index in [4.69, 9.17) is 0 Å². The van der Waals surface area contributed by atoms with E-state index >= 15 is 0 Å². The first kappa shape index (κ1) is 16.9. The van der Waals surface area contributed by atoms with Gasteiger partial charge in [-0.15, -0.1) is 11.3 Å². The van der Waals surface area contributed by atoms with Gasteiger partial charge in [0, 0.05) is 30.8 Å². The molecule has 0 aliphatic carbocycles. The van der Waals surface area contributed by atoms with Gasteiger partial charge in [0.05, 0.1) is 18.8 Å². The molecule has 0 amide bonds. The summed E-state index contributed by atoms with van der Waals surface area (Å²) in [4.78, 5) is 14.7. The molecule has 0 radical (unpaired) electrons. The molecule has 1 atom stereocenters. The Hall–Kier alpha value is -1.96. The van der Waals surface area contributed by atoms with Crippen LogP contribution >= 0.6 is 11.3 Å². The van der Waals surface area contributed by atoms with Crippen molar-refractivity contribution in [3.05, 3.63) is 27.2 Å². The maximum atomic E-state index is 4.56. The molecule has 7 nitrogen and oxygen atoms in total. The standard InChI is InChI=1S/C16H25N7S/c1-5-13-21-14-7-6-12(9-23(14)22-13)20-16(17-4)18-8-15-19-10(2)11(3)24-15/h12H,5-9H2,1-4H3,(H2,17,18,20). The van der Waals surface area contributed by atoms with Gasteiger partial charge < -0.3 is 10.6 Å². The predicted molar refractivity (Wildman–Crippen MR) is 96.4 cm³/mol. The molecule has 0 aromatic carbocycles. The van der Waals surface area contributed by atoms with Crippen molar-refractivity contribution in [2.75, 3.05) is 7.05 Å². The summed E-state index contributed by atoms with van der Waals surface area (Å²) < 4.78 is 2.03. The van der Waals surface area contributed by atoms with Gasteiger partial charge in [-0.25, -0.2) is 14.6 Å². The van der Waals surface area contributed by atoms with Crippen molar-refractivity contribution >= 4 is 17.3 Å². The van der Waals surface area contributed by atoms with Crippen molar-refractivity contribution in [3.63, 3.8) is 0 Å². The van der Waals surface area contributed by atoms with Crippen molar-refractivity contribution in [1.82, 2.24) is 30.4 Å². The van der Waals surface area contributed by atoms with Gasteiger partial charge in [0.2, 0.25) is 0 Å². The third kappa shape index (κ3) is 3.75. The third-order valence-electron chi connectivity index (χ3n) is 4.26. The molecule has 1 aliphatic rings. The zero-order valence-electron chi connectivity index (χ0n) is 14.8. The van der Waals surface area contributed by atoms with E-state index in [1.807, 2.05) is 11.6 Å². The number of hydrogen-bond donors (Lipinski definition) is 2. The smallest absolute Gasteiger partial charge is 0.191 e. The van der Waals surface area contributed by atoms with Gasteiger partial charge in [-0.3, -0.25) is 4.99 Å². The van der Waals surface area contributed by atoms with Gasteiger partial charge in [0.25, 0.3) is 0 Å². The zero-order chi connectivity index (χ0) is 17.1. The number of rotatable bonds is 4. The van der Waals surface area contributed by atoms with Crippen molar-refractivity contribution in [2.24, 2.45) is 4.99 Å². The highest BCUT2D eigenvalue weighted by Crippen LogP contribution is 2.16. The van der Waals surface area contributed by atoms with E-state index in [-0.39, 0.29) is 0 Å². The van der Waals surface area contributed by atoms with E-state index in [0.29, 0.717) is 12.6 Å². The molecule has 0 spiro atoms. The van der Waals surface area contributed by atoms with Crippen LogP contribution in [0.15, 0.2) is 4.99 Å². The molecule has 0 bridgehead atoms. The number of aromatic nitrogens is 4. The first-order valence-corrected chi connectivity index (χ1v) is 9.23. The molecule has 3 heterocycles. The van der Waals surface area contributed by atoms with Crippen molar-refractivity contribution in [1.29, 1.82) is 0 Å². The molecule has 0 fully saturated rings. The minimum Gasteiger partial charge on any atom is -0.352 e. The van der Waals surface area contributed by atoms with Crippen molar-refractivity contribution < 1.29 is 0 Å². The molecule has 24 heavy (non-hydrogen) atoms. The van der Waals surface area contributed by atoms with Crippen LogP contribution < -0.4 is 10.6 Å². The quantitative estimate of drug-likeness (QED) is 0.649. The number of aryl methyl sites for hydroxylation is 4. The van der Waals surface area contributed by atoms with E-state index < -0.39 is 0 Å². The van der Waals surface area contributed by atoms with Gasteiger partial charge in [-0.1, -0.05) is 6.92 Å². The Morgan fingerprint density at radius 1 is 1.38 bits per heavy atom.